The molecule has 0 fully saturated rings. The van der Waals surface area contributed by atoms with E-state index in [4.69, 9.17) is 4.74 Å². The number of sulfone groups is 1. The second-order valence-electron chi connectivity index (χ2n) is 5.89. The highest BCUT2D eigenvalue weighted by Gasteiger charge is 2.66. The molecule has 1 aromatic carbocycles. The number of ether oxygens (including phenoxy) is 1. The predicted molar refractivity (Wildman–Crippen MR) is 84.5 cm³/mol. The van der Waals surface area contributed by atoms with Gasteiger partial charge in [-0.3, -0.25) is 14.9 Å². The van der Waals surface area contributed by atoms with Gasteiger partial charge in [0.1, 0.15) is 0 Å². The lowest BCUT2D eigenvalue weighted by molar-refractivity contribution is -0.564. The first-order valence-electron chi connectivity index (χ1n) is 7.06. The monoisotopic (exact) mass is 343 g/mol. The van der Waals surface area contributed by atoms with E-state index in [9.17, 15) is 23.3 Å². The average molecular weight is 343 g/mol. The first-order chi connectivity index (χ1) is 10.4. The Morgan fingerprint density at radius 2 is 1.70 bits per heavy atom. The molecule has 1 atom stereocenters. The molecule has 0 amide bonds. The molecule has 23 heavy (non-hydrogen) atoms. The van der Waals surface area contributed by atoms with Crippen LogP contribution in [0.3, 0.4) is 0 Å². The predicted octanol–water partition coefficient (Wildman–Crippen LogP) is 2.15. The van der Waals surface area contributed by atoms with Crippen LogP contribution in [0, 0.1) is 17.0 Å². The Bertz CT molecular complexity index is 708. The average Bonchev–Trinajstić information content (AvgIpc) is 2.46. The van der Waals surface area contributed by atoms with Crippen LogP contribution in [0.15, 0.2) is 29.2 Å². The maximum Gasteiger partial charge on any atom is 0.335 e. The standard InChI is InChI=1S/C15H21NO6S/c1-6-22-13(17)15(5,14(3,4)16(18)19)23(20,21)12-9-7-11(2)8-10-12/h7-10H,6H2,1-5H3. The smallest absolute Gasteiger partial charge is 0.335 e. The number of hydrogen-bond acceptors (Lipinski definition) is 6. The Hall–Kier alpha value is -1.96. The van der Waals surface area contributed by atoms with Crippen LogP contribution in [0.5, 0.6) is 0 Å². The van der Waals surface area contributed by atoms with Gasteiger partial charge in [0, 0.05) is 18.8 Å². The van der Waals surface area contributed by atoms with Gasteiger partial charge in [-0.15, -0.1) is 0 Å². The van der Waals surface area contributed by atoms with Crippen LogP contribution in [-0.4, -0.2) is 36.2 Å². The summed E-state index contributed by atoms with van der Waals surface area (Å²) in [5, 5.41) is 11.4. The van der Waals surface area contributed by atoms with Gasteiger partial charge in [-0.25, -0.2) is 8.42 Å². The molecular formula is C15H21NO6S. The first-order valence-corrected chi connectivity index (χ1v) is 8.54. The van der Waals surface area contributed by atoms with E-state index in [1.807, 2.05) is 0 Å². The summed E-state index contributed by atoms with van der Waals surface area (Å²) in [5.41, 5.74) is -1.25. The highest BCUT2D eigenvalue weighted by Crippen LogP contribution is 2.38. The number of benzene rings is 1. The number of esters is 1. The van der Waals surface area contributed by atoms with Crippen molar-refractivity contribution in [2.24, 2.45) is 0 Å². The fourth-order valence-corrected chi connectivity index (χ4v) is 4.06. The molecule has 0 aliphatic heterocycles. The van der Waals surface area contributed by atoms with E-state index >= 15 is 0 Å². The highest BCUT2D eigenvalue weighted by molar-refractivity contribution is 7.93. The quantitative estimate of drug-likeness (QED) is 0.445. The maximum atomic E-state index is 13.0. The number of rotatable bonds is 6. The number of aryl methyl sites for hydroxylation is 1. The van der Waals surface area contributed by atoms with Gasteiger partial charge in [-0.1, -0.05) is 17.7 Å². The molecule has 0 aromatic heterocycles. The van der Waals surface area contributed by atoms with Crippen molar-refractivity contribution in [2.75, 3.05) is 6.61 Å². The fourth-order valence-electron chi connectivity index (χ4n) is 2.08. The van der Waals surface area contributed by atoms with Crippen molar-refractivity contribution in [2.45, 2.75) is 49.8 Å². The van der Waals surface area contributed by atoms with Gasteiger partial charge < -0.3 is 4.74 Å². The van der Waals surface area contributed by atoms with Crippen LogP contribution in [0.1, 0.15) is 33.3 Å². The summed E-state index contributed by atoms with van der Waals surface area (Å²) in [6.45, 7) is 6.47. The minimum Gasteiger partial charge on any atom is -0.465 e. The summed E-state index contributed by atoms with van der Waals surface area (Å²) < 4.78 is 28.5. The van der Waals surface area contributed by atoms with Crippen molar-refractivity contribution >= 4 is 15.8 Å². The minimum atomic E-state index is -4.36. The molecule has 1 unspecified atom stereocenters. The number of hydrogen-bond donors (Lipinski definition) is 0. The van der Waals surface area contributed by atoms with Gasteiger partial charge in [0.2, 0.25) is 20.1 Å². The van der Waals surface area contributed by atoms with E-state index in [2.05, 4.69) is 0 Å². The third-order valence-corrected chi connectivity index (χ3v) is 6.79. The zero-order valence-electron chi connectivity index (χ0n) is 13.8. The van der Waals surface area contributed by atoms with Crippen LogP contribution >= 0.6 is 0 Å². The normalized spacial score (nSPS) is 14.8. The lowest BCUT2D eigenvalue weighted by Gasteiger charge is -2.34. The summed E-state index contributed by atoms with van der Waals surface area (Å²) in [6, 6.07) is 5.80. The molecule has 0 bridgehead atoms. The van der Waals surface area contributed by atoms with Crippen molar-refractivity contribution in [3.05, 3.63) is 39.9 Å². The molecule has 0 aliphatic carbocycles. The molecule has 1 rings (SSSR count). The maximum absolute atomic E-state index is 13.0. The molecule has 0 N–H and O–H groups in total. The zero-order chi connectivity index (χ0) is 18.1. The Labute approximate surface area is 135 Å². The SMILES string of the molecule is CCOC(=O)C(C)(C(C)(C)[N+](=O)[O-])S(=O)(=O)c1ccc(C)cc1. The molecule has 8 heteroatoms. The van der Waals surface area contributed by atoms with E-state index < -0.39 is 31.0 Å². The molecule has 7 nitrogen and oxygen atoms in total. The number of nitrogens with zero attached hydrogens (tertiary/aromatic N) is 1. The summed E-state index contributed by atoms with van der Waals surface area (Å²) in [4.78, 5) is 22.9. The molecule has 0 saturated heterocycles. The van der Waals surface area contributed by atoms with Gasteiger partial charge in [-0.2, -0.15) is 0 Å². The fraction of sp³-hybridized carbons (Fsp3) is 0.533. The van der Waals surface area contributed by atoms with Crippen LogP contribution in [0.2, 0.25) is 0 Å². The Kier molecular flexibility index (Phi) is 5.20. The Morgan fingerprint density at radius 1 is 1.22 bits per heavy atom. The summed E-state index contributed by atoms with van der Waals surface area (Å²) in [6.07, 6.45) is 0. The molecule has 1 aromatic rings. The van der Waals surface area contributed by atoms with Gasteiger partial charge in [-0.05, 0) is 32.9 Å². The van der Waals surface area contributed by atoms with E-state index in [0.717, 1.165) is 26.3 Å². The lowest BCUT2D eigenvalue weighted by atomic mass is 9.88. The van der Waals surface area contributed by atoms with Gasteiger partial charge in [0.15, 0.2) is 0 Å². The molecule has 0 spiro atoms. The zero-order valence-corrected chi connectivity index (χ0v) is 14.6. The van der Waals surface area contributed by atoms with Crippen molar-refractivity contribution in [1.29, 1.82) is 0 Å². The van der Waals surface area contributed by atoms with Crippen LogP contribution in [-0.2, 0) is 19.4 Å². The highest BCUT2D eigenvalue weighted by atomic mass is 32.2. The number of carbonyl (C=O) groups excluding carboxylic acids is 1. The van der Waals surface area contributed by atoms with E-state index in [1.54, 1.807) is 19.1 Å². The van der Waals surface area contributed by atoms with Crippen molar-refractivity contribution < 1.29 is 22.9 Å². The molecular weight excluding hydrogens is 322 g/mol. The van der Waals surface area contributed by atoms with E-state index in [-0.39, 0.29) is 11.5 Å². The summed E-state index contributed by atoms with van der Waals surface area (Å²) in [7, 11) is -4.36. The largest absolute Gasteiger partial charge is 0.465 e. The van der Waals surface area contributed by atoms with Crippen molar-refractivity contribution in [3.63, 3.8) is 0 Å². The van der Waals surface area contributed by atoms with Gasteiger partial charge in [0.05, 0.1) is 11.5 Å². The van der Waals surface area contributed by atoms with E-state index in [1.165, 1.54) is 19.1 Å². The van der Waals surface area contributed by atoms with E-state index in [0.29, 0.717) is 0 Å². The number of nitro groups is 1. The molecule has 0 heterocycles. The molecule has 128 valence electrons. The molecule has 0 saturated carbocycles. The van der Waals surface area contributed by atoms with Gasteiger partial charge >= 0.3 is 5.97 Å². The first kappa shape index (κ1) is 19.1. The molecule has 0 radical (unpaired) electrons. The third kappa shape index (κ3) is 2.95. The minimum absolute atomic E-state index is 0.0777. The summed E-state index contributed by atoms with van der Waals surface area (Å²) >= 11 is 0. The lowest BCUT2D eigenvalue weighted by Crippen LogP contribution is -2.63. The second kappa shape index (κ2) is 6.27. The topological polar surface area (TPSA) is 104 Å². The van der Waals surface area contributed by atoms with Crippen molar-refractivity contribution in [1.82, 2.24) is 0 Å². The Balaban J connectivity index is 3.67. The second-order valence-corrected chi connectivity index (χ2v) is 8.18. The molecule has 0 aliphatic rings. The van der Waals surface area contributed by atoms with Crippen LogP contribution in [0.4, 0.5) is 0 Å². The number of carbonyl (C=O) groups is 1. The van der Waals surface area contributed by atoms with Crippen LogP contribution in [0.25, 0.3) is 0 Å². The van der Waals surface area contributed by atoms with Gasteiger partial charge in [0.25, 0.3) is 0 Å². The van der Waals surface area contributed by atoms with Crippen molar-refractivity contribution in [3.8, 4) is 0 Å². The summed E-state index contributed by atoms with van der Waals surface area (Å²) in [5.74, 6) is -1.14. The third-order valence-electron chi connectivity index (χ3n) is 4.16. The van der Waals surface area contributed by atoms with Crippen LogP contribution < -0.4 is 0 Å². The Morgan fingerprint density at radius 3 is 2.09 bits per heavy atom.